The summed E-state index contributed by atoms with van der Waals surface area (Å²) >= 11 is 0. The molecule has 2 aromatic carbocycles. The number of benzene rings is 2. The molecule has 3 N–H and O–H groups in total. The SMILES string of the molecule is CCN1CCN(Cc2ccc(NC(=O)CC(=O)Nc3ccc4c(/C=C/c5ccccn5)n[nH]c4c3)cc2C(F)(F)F)CC1. The summed E-state index contributed by atoms with van der Waals surface area (Å²) in [5.41, 5.74) is 1.93. The maximum Gasteiger partial charge on any atom is 0.416 e. The Morgan fingerprint density at radius 3 is 2.30 bits per heavy atom. The monoisotopic (exact) mass is 591 g/mol. The molecule has 0 aliphatic carbocycles. The van der Waals surface area contributed by atoms with Crippen molar-refractivity contribution in [3.8, 4) is 0 Å². The van der Waals surface area contributed by atoms with Crippen LogP contribution >= 0.6 is 0 Å². The number of carbonyl (C=O) groups is 2. The highest BCUT2D eigenvalue weighted by Crippen LogP contribution is 2.34. The van der Waals surface area contributed by atoms with Gasteiger partial charge in [-0.25, -0.2) is 0 Å². The van der Waals surface area contributed by atoms with E-state index in [4.69, 9.17) is 0 Å². The van der Waals surface area contributed by atoms with Gasteiger partial charge in [0.05, 0.1) is 22.5 Å². The van der Waals surface area contributed by atoms with Crippen LogP contribution < -0.4 is 10.6 Å². The van der Waals surface area contributed by atoms with Crippen molar-refractivity contribution in [3.05, 3.63) is 83.3 Å². The number of fused-ring (bicyclic) bond motifs is 1. The van der Waals surface area contributed by atoms with E-state index in [0.717, 1.165) is 36.8 Å². The molecule has 5 rings (SSSR count). The Balaban J connectivity index is 1.18. The number of hydrogen-bond donors (Lipinski definition) is 3. The van der Waals surface area contributed by atoms with E-state index in [9.17, 15) is 22.8 Å². The van der Waals surface area contributed by atoms with E-state index in [2.05, 4.69) is 37.6 Å². The van der Waals surface area contributed by atoms with Gasteiger partial charge >= 0.3 is 6.18 Å². The fraction of sp³-hybridized carbons (Fsp3) is 0.290. The summed E-state index contributed by atoms with van der Waals surface area (Å²) < 4.78 is 41.7. The molecule has 2 amide bonds. The van der Waals surface area contributed by atoms with E-state index >= 15 is 0 Å². The summed E-state index contributed by atoms with van der Waals surface area (Å²) in [5.74, 6) is -1.33. The second-order valence-electron chi connectivity index (χ2n) is 10.3. The Hall–Kier alpha value is -4.55. The van der Waals surface area contributed by atoms with Gasteiger partial charge in [0.15, 0.2) is 0 Å². The molecule has 1 fully saturated rings. The highest BCUT2D eigenvalue weighted by molar-refractivity contribution is 6.08. The van der Waals surface area contributed by atoms with Crippen LogP contribution in [0.3, 0.4) is 0 Å². The third-order valence-corrected chi connectivity index (χ3v) is 7.30. The molecule has 9 nitrogen and oxygen atoms in total. The van der Waals surface area contributed by atoms with E-state index < -0.39 is 30.0 Å². The first-order valence-corrected chi connectivity index (χ1v) is 14.0. The topological polar surface area (TPSA) is 106 Å². The molecule has 0 saturated carbocycles. The van der Waals surface area contributed by atoms with Crippen molar-refractivity contribution in [1.82, 2.24) is 25.0 Å². The molecule has 0 bridgehead atoms. The normalized spacial score (nSPS) is 14.8. The summed E-state index contributed by atoms with van der Waals surface area (Å²) in [6.07, 6.45) is 0.212. The number of amides is 2. The molecule has 3 heterocycles. The van der Waals surface area contributed by atoms with Gasteiger partial charge in [-0.1, -0.05) is 19.1 Å². The Morgan fingerprint density at radius 1 is 0.930 bits per heavy atom. The van der Waals surface area contributed by atoms with Crippen molar-refractivity contribution in [2.75, 3.05) is 43.4 Å². The van der Waals surface area contributed by atoms with E-state index in [1.54, 1.807) is 24.4 Å². The molecular formula is C31H32F3N7O2. The number of alkyl halides is 3. The van der Waals surface area contributed by atoms with Crippen molar-refractivity contribution in [2.45, 2.75) is 26.1 Å². The number of aromatic amines is 1. The van der Waals surface area contributed by atoms with Gasteiger partial charge in [-0.15, -0.1) is 0 Å². The summed E-state index contributed by atoms with van der Waals surface area (Å²) in [6.45, 7) is 6.16. The molecule has 43 heavy (non-hydrogen) atoms. The van der Waals surface area contributed by atoms with Crippen LogP contribution in [0.5, 0.6) is 0 Å². The van der Waals surface area contributed by atoms with E-state index in [1.807, 2.05) is 35.3 Å². The first-order chi connectivity index (χ1) is 20.7. The number of aromatic nitrogens is 3. The highest BCUT2D eigenvalue weighted by Gasteiger charge is 2.34. The molecule has 4 aromatic rings. The lowest BCUT2D eigenvalue weighted by Crippen LogP contribution is -2.45. The number of nitrogens with zero attached hydrogens (tertiary/aromatic N) is 4. The highest BCUT2D eigenvalue weighted by atomic mass is 19.4. The molecule has 0 atom stereocenters. The minimum absolute atomic E-state index is 0.0187. The number of hydrogen-bond acceptors (Lipinski definition) is 6. The van der Waals surface area contributed by atoms with Crippen LogP contribution in [0.2, 0.25) is 0 Å². The van der Waals surface area contributed by atoms with Crippen LogP contribution in [-0.2, 0) is 22.3 Å². The Morgan fingerprint density at radius 2 is 1.63 bits per heavy atom. The lowest BCUT2D eigenvalue weighted by Gasteiger charge is -2.34. The quantitative estimate of drug-likeness (QED) is 0.230. The molecule has 0 spiro atoms. The zero-order valence-corrected chi connectivity index (χ0v) is 23.6. The number of carbonyl (C=O) groups excluding carboxylic acids is 2. The van der Waals surface area contributed by atoms with E-state index in [0.29, 0.717) is 30.0 Å². The number of pyridine rings is 1. The number of H-pyrrole nitrogens is 1. The first-order valence-electron chi connectivity index (χ1n) is 14.0. The van der Waals surface area contributed by atoms with Crippen LogP contribution in [0.4, 0.5) is 24.5 Å². The summed E-state index contributed by atoms with van der Waals surface area (Å²) in [6, 6.07) is 14.5. The van der Waals surface area contributed by atoms with Gasteiger partial charge < -0.3 is 15.5 Å². The van der Waals surface area contributed by atoms with Gasteiger partial charge in [-0.05, 0) is 66.7 Å². The van der Waals surface area contributed by atoms with E-state index in [1.165, 1.54) is 12.1 Å². The number of nitrogens with one attached hydrogen (secondary N) is 3. The van der Waals surface area contributed by atoms with Gasteiger partial charge in [0, 0.05) is 55.7 Å². The van der Waals surface area contributed by atoms with Crippen molar-refractivity contribution < 1.29 is 22.8 Å². The Labute approximate surface area is 246 Å². The third-order valence-electron chi connectivity index (χ3n) is 7.30. The van der Waals surface area contributed by atoms with Crippen molar-refractivity contribution in [1.29, 1.82) is 0 Å². The molecule has 1 saturated heterocycles. The van der Waals surface area contributed by atoms with Gasteiger partial charge in [0.2, 0.25) is 11.8 Å². The number of piperazine rings is 1. The lowest BCUT2D eigenvalue weighted by atomic mass is 10.0. The van der Waals surface area contributed by atoms with E-state index in [-0.39, 0.29) is 17.8 Å². The summed E-state index contributed by atoms with van der Waals surface area (Å²) in [5, 5.41) is 13.1. The molecule has 1 aliphatic rings. The van der Waals surface area contributed by atoms with Gasteiger partial charge in [0.1, 0.15) is 6.42 Å². The second-order valence-corrected chi connectivity index (χ2v) is 10.3. The zero-order valence-electron chi connectivity index (χ0n) is 23.6. The number of likely N-dealkylation sites (N-methyl/N-ethyl adjacent to an activating group) is 1. The maximum atomic E-state index is 13.9. The number of halogens is 3. The Bertz CT molecular complexity index is 1610. The average Bonchev–Trinajstić information content (AvgIpc) is 3.39. The lowest BCUT2D eigenvalue weighted by molar-refractivity contribution is -0.138. The van der Waals surface area contributed by atoms with Crippen molar-refractivity contribution in [3.63, 3.8) is 0 Å². The van der Waals surface area contributed by atoms with Crippen molar-refractivity contribution >= 4 is 46.2 Å². The van der Waals surface area contributed by atoms with Crippen LogP contribution in [0.1, 0.15) is 35.9 Å². The minimum atomic E-state index is -4.59. The van der Waals surface area contributed by atoms with Crippen LogP contribution in [0.25, 0.3) is 23.1 Å². The van der Waals surface area contributed by atoms with Crippen LogP contribution in [0.15, 0.2) is 60.8 Å². The molecular weight excluding hydrogens is 559 g/mol. The van der Waals surface area contributed by atoms with Crippen LogP contribution in [0, 0.1) is 0 Å². The fourth-order valence-electron chi connectivity index (χ4n) is 5.00. The molecule has 2 aromatic heterocycles. The summed E-state index contributed by atoms with van der Waals surface area (Å²) in [7, 11) is 0. The standard InChI is InChI=1S/C31H32F3N7O2/c1-2-40-13-15-41(16-14-40)20-21-6-7-23(17-26(21)31(32,33)34)36-29(42)19-30(43)37-24-8-10-25-27(38-39-28(25)18-24)11-9-22-5-3-4-12-35-22/h3-12,17-18H,2,13-16,19-20H2,1H3,(H,36,42)(H,37,43)(H,38,39)/b11-9+. The van der Waals surface area contributed by atoms with Gasteiger partial charge in [-0.2, -0.15) is 18.3 Å². The average molecular weight is 592 g/mol. The molecule has 12 heteroatoms. The molecule has 0 radical (unpaired) electrons. The predicted octanol–water partition coefficient (Wildman–Crippen LogP) is 5.25. The van der Waals surface area contributed by atoms with Crippen molar-refractivity contribution in [2.24, 2.45) is 0 Å². The first kappa shape index (κ1) is 29.9. The smallest absolute Gasteiger partial charge is 0.326 e. The third kappa shape index (κ3) is 7.85. The predicted molar refractivity (Wildman–Crippen MR) is 160 cm³/mol. The number of anilines is 2. The van der Waals surface area contributed by atoms with Gasteiger partial charge in [-0.3, -0.25) is 24.6 Å². The second kappa shape index (κ2) is 13.2. The Kier molecular flexibility index (Phi) is 9.17. The van der Waals surface area contributed by atoms with Crippen LogP contribution in [-0.4, -0.2) is 69.5 Å². The number of rotatable bonds is 9. The molecule has 1 aliphatic heterocycles. The molecule has 0 unspecified atom stereocenters. The minimum Gasteiger partial charge on any atom is -0.326 e. The zero-order chi connectivity index (χ0) is 30.4. The van der Waals surface area contributed by atoms with Gasteiger partial charge in [0.25, 0.3) is 0 Å². The summed E-state index contributed by atoms with van der Waals surface area (Å²) in [4.78, 5) is 33.6. The molecule has 224 valence electrons. The largest absolute Gasteiger partial charge is 0.416 e. The maximum absolute atomic E-state index is 13.9. The fourth-order valence-corrected chi connectivity index (χ4v) is 5.00.